The number of aryl methyl sites for hydroxylation is 2. The number of nitrogens with one attached hydrogen (secondary N) is 1. The number of benzene rings is 1. The lowest BCUT2D eigenvalue weighted by molar-refractivity contribution is -0.138. The van der Waals surface area contributed by atoms with Crippen molar-refractivity contribution in [3.63, 3.8) is 0 Å². The molecule has 1 aromatic carbocycles. The number of hydrogen-bond acceptors (Lipinski definition) is 7. The Labute approximate surface area is 203 Å². The number of aromatic nitrogens is 6. The van der Waals surface area contributed by atoms with Gasteiger partial charge in [-0.15, -0.1) is 10.2 Å². The molecule has 0 fully saturated rings. The minimum atomic E-state index is -4.59. The summed E-state index contributed by atoms with van der Waals surface area (Å²) in [6, 6.07) is 6.92. The molecule has 0 saturated carbocycles. The molecule has 10 nitrogen and oxygen atoms in total. The maximum atomic E-state index is 13.6. The molecule has 2 N–H and O–H groups in total. The second-order valence-electron chi connectivity index (χ2n) is 8.27. The minimum absolute atomic E-state index is 0.0118. The van der Waals surface area contributed by atoms with Gasteiger partial charge in [-0.2, -0.15) is 18.3 Å². The molecule has 186 valence electrons. The maximum Gasteiger partial charge on any atom is 0.416 e. The van der Waals surface area contributed by atoms with Gasteiger partial charge in [0.05, 0.1) is 36.2 Å². The van der Waals surface area contributed by atoms with Crippen molar-refractivity contribution in [3.8, 4) is 22.6 Å². The van der Waals surface area contributed by atoms with Crippen LogP contribution in [0.4, 0.5) is 24.8 Å². The highest BCUT2D eigenvalue weighted by Gasteiger charge is 2.40. The van der Waals surface area contributed by atoms with E-state index < -0.39 is 17.6 Å². The average Bonchev–Trinajstić information content (AvgIpc) is 3.53. The van der Waals surface area contributed by atoms with Gasteiger partial charge in [0.2, 0.25) is 0 Å². The Balaban J connectivity index is 1.63. The molecule has 0 saturated heterocycles. The lowest BCUT2D eigenvalue weighted by Gasteiger charge is -2.18. The molecule has 0 aliphatic carbocycles. The summed E-state index contributed by atoms with van der Waals surface area (Å²) in [5.74, 6) is 0.474. The number of carbonyl (C=O) groups is 1. The second-order valence-corrected chi connectivity index (χ2v) is 8.27. The van der Waals surface area contributed by atoms with Crippen LogP contribution in [-0.4, -0.2) is 53.7 Å². The van der Waals surface area contributed by atoms with Gasteiger partial charge >= 0.3 is 6.18 Å². The van der Waals surface area contributed by atoms with E-state index in [-0.39, 0.29) is 36.6 Å². The SMILES string of the molecule is Cn1cnnc1-c1cnn(C)c1-c1cc(NCCO)nc(N2Cc3c(cccc3C(F)(F)F)C2=O)c1. The number of aliphatic hydroxyl groups is 1. The zero-order valence-corrected chi connectivity index (χ0v) is 19.3. The summed E-state index contributed by atoms with van der Waals surface area (Å²) in [5, 5.41) is 24.7. The third-order valence-corrected chi connectivity index (χ3v) is 5.94. The monoisotopic (exact) mass is 498 g/mol. The summed E-state index contributed by atoms with van der Waals surface area (Å²) in [6.45, 7) is -0.259. The van der Waals surface area contributed by atoms with E-state index >= 15 is 0 Å². The number of fused-ring (bicyclic) bond motifs is 1. The largest absolute Gasteiger partial charge is 0.416 e. The Kier molecular flexibility index (Phi) is 5.71. The van der Waals surface area contributed by atoms with E-state index in [1.165, 1.54) is 17.0 Å². The Morgan fingerprint density at radius 1 is 1.17 bits per heavy atom. The number of alkyl halides is 3. The predicted octanol–water partition coefficient (Wildman–Crippen LogP) is 2.86. The Hall–Kier alpha value is -4.26. The smallest absolute Gasteiger partial charge is 0.395 e. The number of aliphatic hydroxyl groups excluding tert-OH is 1. The number of rotatable bonds is 6. The molecule has 1 amide bonds. The highest BCUT2D eigenvalue weighted by atomic mass is 19.4. The van der Waals surface area contributed by atoms with Crippen molar-refractivity contribution >= 4 is 17.5 Å². The van der Waals surface area contributed by atoms with Crippen LogP contribution in [-0.2, 0) is 26.8 Å². The summed E-state index contributed by atoms with van der Waals surface area (Å²) in [7, 11) is 3.53. The van der Waals surface area contributed by atoms with Crippen molar-refractivity contribution in [2.24, 2.45) is 14.1 Å². The van der Waals surface area contributed by atoms with Crippen LogP contribution < -0.4 is 10.2 Å². The van der Waals surface area contributed by atoms with Crippen LogP contribution in [0.3, 0.4) is 0 Å². The molecule has 0 unspecified atom stereocenters. The molecule has 0 bridgehead atoms. The fourth-order valence-electron chi connectivity index (χ4n) is 4.32. The highest BCUT2D eigenvalue weighted by Crippen LogP contribution is 2.40. The number of carbonyl (C=O) groups excluding carboxylic acids is 1. The van der Waals surface area contributed by atoms with Gasteiger partial charge in [0.15, 0.2) is 5.82 Å². The third-order valence-electron chi connectivity index (χ3n) is 5.94. The van der Waals surface area contributed by atoms with Gasteiger partial charge in [0.25, 0.3) is 5.91 Å². The topological polar surface area (TPSA) is 114 Å². The van der Waals surface area contributed by atoms with Crippen LogP contribution in [0.15, 0.2) is 42.9 Å². The van der Waals surface area contributed by atoms with Gasteiger partial charge in [-0.05, 0) is 29.8 Å². The molecule has 0 spiro atoms. The van der Waals surface area contributed by atoms with Gasteiger partial charge in [-0.25, -0.2) is 4.98 Å². The van der Waals surface area contributed by atoms with Crippen molar-refractivity contribution in [1.29, 1.82) is 0 Å². The van der Waals surface area contributed by atoms with Crippen LogP contribution >= 0.6 is 0 Å². The van der Waals surface area contributed by atoms with Crippen molar-refractivity contribution < 1.29 is 23.1 Å². The summed E-state index contributed by atoms with van der Waals surface area (Å²) in [6.07, 6.45) is -1.41. The first-order valence-corrected chi connectivity index (χ1v) is 10.9. The van der Waals surface area contributed by atoms with Crippen LogP contribution in [0.25, 0.3) is 22.6 Å². The van der Waals surface area contributed by atoms with Crippen molar-refractivity contribution in [1.82, 2.24) is 29.5 Å². The van der Waals surface area contributed by atoms with E-state index in [0.29, 0.717) is 28.5 Å². The zero-order chi connectivity index (χ0) is 25.6. The summed E-state index contributed by atoms with van der Waals surface area (Å²) < 4.78 is 44.2. The molecule has 0 radical (unpaired) electrons. The number of pyridine rings is 1. The molecule has 3 aromatic heterocycles. The maximum absolute atomic E-state index is 13.6. The van der Waals surface area contributed by atoms with Crippen LogP contribution in [0.5, 0.6) is 0 Å². The van der Waals surface area contributed by atoms with E-state index in [4.69, 9.17) is 0 Å². The van der Waals surface area contributed by atoms with Gasteiger partial charge < -0.3 is 15.0 Å². The molecular weight excluding hydrogens is 477 g/mol. The second kappa shape index (κ2) is 8.75. The first-order valence-electron chi connectivity index (χ1n) is 10.9. The molecular formula is C23H21F3N8O2. The van der Waals surface area contributed by atoms with E-state index in [9.17, 15) is 23.1 Å². The molecule has 0 atom stereocenters. The van der Waals surface area contributed by atoms with Gasteiger partial charge in [0, 0.05) is 31.8 Å². The first kappa shape index (κ1) is 23.5. The van der Waals surface area contributed by atoms with Crippen molar-refractivity contribution in [2.75, 3.05) is 23.4 Å². The van der Waals surface area contributed by atoms with Crippen molar-refractivity contribution in [2.45, 2.75) is 12.7 Å². The van der Waals surface area contributed by atoms with Crippen molar-refractivity contribution in [3.05, 3.63) is 59.5 Å². The van der Waals surface area contributed by atoms with Crippen LogP contribution in [0.1, 0.15) is 21.5 Å². The molecule has 5 rings (SSSR count). The number of halogens is 3. The average molecular weight is 498 g/mol. The van der Waals surface area contributed by atoms with E-state index in [0.717, 1.165) is 6.07 Å². The zero-order valence-electron chi connectivity index (χ0n) is 19.3. The van der Waals surface area contributed by atoms with E-state index in [1.807, 2.05) is 0 Å². The molecule has 4 aromatic rings. The molecule has 4 heterocycles. The lowest BCUT2D eigenvalue weighted by Crippen LogP contribution is -2.24. The van der Waals surface area contributed by atoms with E-state index in [2.05, 4.69) is 25.6 Å². The summed E-state index contributed by atoms with van der Waals surface area (Å²) >= 11 is 0. The molecule has 13 heteroatoms. The number of nitrogens with zero attached hydrogens (tertiary/aromatic N) is 7. The fourth-order valence-corrected chi connectivity index (χ4v) is 4.32. The molecule has 1 aliphatic rings. The van der Waals surface area contributed by atoms with Crippen LogP contribution in [0, 0.1) is 0 Å². The van der Waals surface area contributed by atoms with Gasteiger partial charge in [-0.1, -0.05) is 6.07 Å². The first-order chi connectivity index (χ1) is 17.2. The molecule has 1 aliphatic heterocycles. The normalized spacial score (nSPS) is 13.4. The Bertz CT molecular complexity index is 1460. The number of amides is 1. The quantitative estimate of drug-likeness (QED) is 0.420. The Morgan fingerprint density at radius 2 is 1.97 bits per heavy atom. The third kappa shape index (κ3) is 3.96. The fraction of sp³-hybridized carbons (Fsp3) is 0.261. The summed E-state index contributed by atoms with van der Waals surface area (Å²) in [5.41, 5.74) is 0.953. The minimum Gasteiger partial charge on any atom is -0.395 e. The molecule has 36 heavy (non-hydrogen) atoms. The van der Waals surface area contributed by atoms with Gasteiger partial charge in [0.1, 0.15) is 18.0 Å². The lowest BCUT2D eigenvalue weighted by atomic mass is 10.0. The predicted molar refractivity (Wildman–Crippen MR) is 124 cm³/mol. The van der Waals surface area contributed by atoms with E-state index in [1.54, 1.807) is 48.0 Å². The van der Waals surface area contributed by atoms with Gasteiger partial charge in [-0.3, -0.25) is 14.4 Å². The Morgan fingerprint density at radius 3 is 2.67 bits per heavy atom. The number of anilines is 2. The summed E-state index contributed by atoms with van der Waals surface area (Å²) in [4.78, 5) is 18.9. The standard InChI is InChI=1S/C23H21F3N8O2/c1-32-12-28-31-21(32)15-10-29-33(2)20(15)13-8-18(27-6-7-35)30-19(9-13)34-11-16-14(22(34)36)4-3-5-17(16)23(24,25)26/h3-5,8-10,12,35H,6-7,11H2,1-2H3,(H,27,30). The number of hydrogen-bond donors (Lipinski definition) is 2. The van der Waals surface area contributed by atoms with Crippen LogP contribution in [0.2, 0.25) is 0 Å². The highest BCUT2D eigenvalue weighted by molar-refractivity contribution is 6.10.